The fraction of sp³-hybridized carbons (Fsp3) is 0.462. The first-order chi connectivity index (χ1) is 8.56. The van der Waals surface area contributed by atoms with E-state index < -0.39 is 11.7 Å². The summed E-state index contributed by atoms with van der Waals surface area (Å²) >= 11 is 0. The lowest BCUT2D eigenvalue weighted by Crippen LogP contribution is -2.18. The number of carbonyl (C=O) groups excluding carboxylic acids is 1. The predicted octanol–water partition coefficient (Wildman–Crippen LogP) is 1.49. The van der Waals surface area contributed by atoms with E-state index in [0.717, 1.165) is 5.56 Å². The number of epoxide rings is 1. The summed E-state index contributed by atoms with van der Waals surface area (Å²) in [6.07, 6.45) is -0.579. The van der Waals surface area contributed by atoms with Crippen molar-refractivity contribution in [2.75, 3.05) is 21.3 Å². The molecule has 1 saturated heterocycles. The van der Waals surface area contributed by atoms with Gasteiger partial charge in [-0.15, -0.1) is 0 Å². The molecule has 5 nitrogen and oxygen atoms in total. The number of benzene rings is 1. The molecular formula is C13H16O5. The molecule has 1 fully saturated rings. The van der Waals surface area contributed by atoms with Crippen molar-refractivity contribution >= 4 is 5.97 Å². The Hall–Kier alpha value is -1.75. The quantitative estimate of drug-likeness (QED) is 0.600. The van der Waals surface area contributed by atoms with Crippen LogP contribution in [0, 0.1) is 0 Å². The van der Waals surface area contributed by atoms with Crippen molar-refractivity contribution in [1.29, 1.82) is 0 Å². The van der Waals surface area contributed by atoms with Crippen molar-refractivity contribution in [2.24, 2.45) is 0 Å². The maximum absolute atomic E-state index is 11.5. The normalized spacial score (nSPS) is 25.4. The van der Waals surface area contributed by atoms with Crippen molar-refractivity contribution in [3.8, 4) is 11.5 Å². The Labute approximate surface area is 106 Å². The van der Waals surface area contributed by atoms with Gasteiger partial charge in [0.05, 0.1) is 21.3 Å². The Balaban J connectivity index is 2.32. The van der Waals surface area contributed by atoms with Gasteiger partial charge in [0.2, 0.25) is 0 Å². The topological polar surface area (TPSA) is 57.3 Å². The Morgan fingerprint density at radius 1 is 1.28 bits per heavy atom. The lowest BCUT2D eigenvalue weighted by atomic mass is 9.96. The molecule has 1 aromatic rings. The fourth-order valence-corrected chi connectivity index (χ4v) is 2.00. The van der Waals surface area contributed by atoms with Crippen molar-refractivity contribution in [3.63, 3.8) is 0 Å². The summed E-state index contributed by atoms with van der Waals surface area (Å²) < 4.78 is 20.6. The molecule has 0 N–H and O–H groups in total. The van der Waals surface area contributed by atoms with Gasteiger partial charge >= 0.3 is 5.97 Å². The zero-order valence-corrected chi connectivity index (χ0v) is 10.9. The highest BCUT2D eigenvalue weighted by Crippen LogP contribution is 2.50. The molecule has 0 aliphatic carbocycles. The number of carbonyl (C=O) groups is 1. The van der Waals surface area contributed by atoms with E-state index in [1.54, 1.807) is 26.4 Å². The van der Waals surface area contributed by atoms with Crippen molar-refractivity contribution < 1.29 is 23.7 Å². The van der Waals surface area contributed by atoms with E-state index in [2.05, 4.69) is 4.74 Å². The van der Waals surface area contributed by atoms with E-state index in [4.69, 9.17) is 14.2 Å². The summed E-state index contributed by atoms with van der Waals surface area (Å²) in [5, 5.41) is 0. The Bertz CT molecular complexity index is 470. The number of ether oxygens (including phenoxy) is 4. The highest BCUT2D eigenvalue weighted by atomic mass is 16.7. The molecule has 0 radical (unpaired) electrons. The molecule has 0 spiro atoms. The lowest BCUT2D eigenvalue weighted by molar-refractivity contribution is -0.142. The monoisotopic (exact) mass is 252 g/mol. The molecule has 1 aliphatic rings. The van der Waals surface area contributed by atoms with Gasteiger partial charge in [0, 0.05) is 11.6 Å². The Morgan fingerprint density at radius 2 is 2.00 bits per heavy atom. The average Bonchev–Trinajstić information content (AvgIpc) is 3.10. The van der Waals surface area contributed by atoms with Crippen LogP contribution in [0.4, 0.5) is 0 Å². The van der Waals surface area contributed by atoms with Gasteiger partial charge in [-0.05, 0) is 19.1 Å². The third-order valence-electron chi connectivity index (χ3n) is 3.16. The molecule has 1 aliphatic heterocycles. The first kappa shape index (κ1) is 12.7. The highest BCUT2D eigenvalue weighted by Gasteiger charge is 2.60. The van der Waals surface area contributed by atoms with Gasteiger partial charge in [-0.1, -0.05) is 0 Å². The SMILES string of the molecule is COC(=O)C1OC1(C)c1ccc(OC)cc1OC. The molecule has 1 aromatic carbocycles. The molecule has 5 heteroatoms. The molecular weight excluding hydrogens is 236 g/mol. The summed E-state index contributed by atoms with van der Waals surface area (Å²) in [4.78, 5) is 11.5. The molecule has 0 aromatic heterocycles. The van der Waals surface area contributed by atoms with Crippen LogP contribution in [0.1, 0.15) is 12.5 Å². The average molecular weight is 252 g/mol. The van der Waals surface area contributed by atoms with Crippen LogP contribution in [0.3, 0.4) is 0 Å². The van der Waals surface area contributed by atoms with Crippen molar-refractivity contribution in [3.05, 3.63) is 23.8 Å². The number of hydrogen-bond acceptors (Lipinski definition) is 5. The Kier molecular flexibility index (Phi) is 3.17. The second kappa shape index (κ2) is 4.49. The molecule has 2 atom stereocenters. The molecule has 2 rings (SSSR count). The van der Waals surface area contributed by atoms with E-state index in [1.807, 2.05) is 13.0 Å². The number of esters is 1. The molecule has 1 heterocycles. The van der Waals surface area contributed by atoms with Crippen LogP contribution in [-0.2, 0) is 19.9 Å². The largest absolute Gasteiger partial charge is 0.497 e. The van der Waals surface area contributed by atoms with Gasteiger partial charge in [0.25, 0.3) is 0 Å². The van der Waals surface area contributed by atoms with Crippen LogP contribution in [-0.4, -0.2) is 33.4 Å². The molecule has 0 amide bonds. The first-order valence-corrected chi connectivity index (χ1v) is 5.55. The molecule has 0 bridgehead atoms. The van der Waals surface area contributed by atoms with Gasteiger partial charge in [-0.2, -0.15) is 0 Å². The van der Waals surface area contributed by atoms with E-state index in [1.165, 1.54) is 7.11 Å². The van der Waals surface area contributed by atoms with E-state index >= 15 is 0 Å². The van der Waals surface area contributed by atoms with Crippen molar-refractivity contribution in [1.82, 2.24) is 0 Å². The van der Waals surface area contributed by atoms with Crippen LogP contribution in [0.15, 0.2) is 18.2 Å². The molecule has 2 unspecified atom stereocenters. The van der Waals surface area contributed by atoms with Gasteiger partial charge in [0.1, 0.15) is 17.1 Å². The summed E-state index contributed by atoms with van der Waals surface area (Å²) in [7, 11) is 4.49. The summed E-state index contributed by atoms with van der Waals surface area (Å²) in [6, 6.07) is 5.40. The molecule has 98 valence electrons. The number of rotatable bonds is 4. The molecule has 0 saturated carbocycles. The van der Waals surface area contributed by atoms with Gasteiger partial charge < -0.3 is 18.9 Å². The summed E-state index contributed by atoms with van der Waals surface area (Å²) in [5.41, 5.74) is 0.117. The smallest absolute Gasteiger partial charge is 0.338 e. The van der Waals surface area contributed by atoms with Gasteiger partial charge in [-0.25, -0.2) is 4.79 Å². The second-order valence-electron chi connectivity index (χ2n) is 4.19. The highest BCUT2D eigenvalue weighted by molar-refractivity contribution is 5.80. The molecule has 18 heavy (non-hydrogen) atoms. The van der Waals surface area contributed by atoms with Gasteiger partial charge in [-0.3, -0.25) is 0 Å². The minimum atomic E-state index is -0.690. The van der Waals surface area contributed by atoms with Gasteiger partial charge in [0.15, 0.2) is 6.10 Å². The third-order valence-corrected chi connectivity index (χ3v) is 3.16. The maximum atomic E-state index is 11.5. The van der Waals surface area contributed by atoms with E-state index in [-0.39, 0.29) is 5.97 Å². The predicted molar refractivity (Wildman–Crippen MR) is 63.8 cm³/mol. The lowest BCUT2D eigenvalue weighted by Gasteiger charge is -2.13. The maximum Gasteiger partial charge on any atom is 0.338 e. The number of hydrogen-bond donors (Lipinski definition) is 0. The van der Waals surface area contributed by atoms with Crippen LogP contribution < -0.4 is 9.47 Å². The summed E-state index contributed by atoms with van der Waals surface area (Å²) in [6.45, 7) is 1.83. The minimum Gasteiger partial charge on any atom is -0.497 e. The van der Waals surface area contributed by atoms with E-state index in [0.29, 0.717) is 11.5 Å². The van der Waals surface area contributed by atoms with Crippen LogP contribution in [0.5, 0.6) is 11.5 Å². The minimum absolute atomic E-state index is 0.379. The summed E-state index contributed by atoms with van der Waals surface area (Å²) in [5.74, 6) is 0.938. The number of methoxy groups -OCH3 is 3. The van der Waals surface area contributed by atoms with Crippen LogP contribution in [0.2, 0.25) is 0 Å². The van der Waals surface area contributed by atoms with Crippen LogP contribution in [0.25, 0.3) is 0 Å². The standard InChI is InChI=1S/C13H16O5/c1-13(11(18-13)12(14)17-4)9-6-5-8(15-2)7-10(9)16-3/h5-7,11H,1-4H3. The van der Waals surface area contributed by atoms with Crippen molar-refractivity contribution in [2.45, 2.75) is 18.6 Å². The first-order valence-electron chi connectivity index (χ1n) is 5.55. The van der Waals surface area contributed by atoms with Crippen LogP contribution >= 0.6 is 0 Å². The second-order valence-corrected chi connectivity index (χ2v) is 4.19. The zero-order valence-electron chi connectivity index (χ0n) is 10.9. The van der Waals surface area contributed by atoms with E-state index in [9.17, 15) is 4.79 Å². The Morgan fingerprint density at radius 3 is 2.56 bits per heavy atom. The zero-order chi connectivity index (χ0) is 13.3. The fourth-order valence-electron chi connectivity index (χ4n) is 2.00. The third kappa shape index (κ3) is 1.90.